The van der Waals surface area contributed by atoms with Crippen LogP contribution in [0.2, 0.25) is 0 Å². The SMILES string of the molecule is CSCC[C@H](NC(=O)[C@H](CC(C)C)NC(=O)CNC(=O)[C@@H](NC(=O)[C@H](Cc1ccccc1)NC(=O)[C@@H]1CSSC[C@H](NC(=O)[C@H](CCCCN)NC(=O)[C@H](CO)NC(=O)[C@H](CC(N)=O)NC(=O)[C@H](CO)NC(=O)[C@@H]2CCCN2C(=O)[C@@H](N)CO)C(=O)N2CCC[C@H]2C(=O)NC(CC(=O)O)C(=O)NCC(=O)N2CCC[C@H]2C(=O)N[C@@H](CC(=O)O)C(=O)N1)C(C)C)C(N)=O. The van der Waals surface area contributed by atoms with Gasteiger partial charge in [-0.2, -0.15) is 11.8 Å². The Balaban J connectivity index is 1.53. The summed E-state index contributed by atoms with van der Waals surface area (Å²) >= 11 is 1.41. The number of thioether (sulfide) groups is 1. The molecule has 0 radical (unpaired) electrons. The number of carboxylic acid groups (broad SMARTS) is 2. The van der Waals surface area contributed by atoms with Gasteiger partial charge in [-0.25, -0.2) is 0 Å². The minimum absolute atomic E-state index is 0.0199. The van der Waals surface area contributed by atoms with E-state index in [0.717, 1.165) is 14.7 Å². The van der Waals surface area contributed by atoms with Crippen LogP contribution in [-0.2, 0) is 107 Å². The number of rotatable bonds is 43. The van der Waals surface area contributed by atoms with Gasteiger partial charge < -0.3 is 138 Å². The fraction of sp³-hybridized carbons (Fsp3) is 0.649. The number of hydrogen-bond acceptors (Lipinski definition) is 29. The summed E-state index contributed by atoms with van der Waals surface area (Å²) in [6.07, 6.45) is -1.20. The molecule has 0 aliphatic carbocycles. The molecule has 4 saturated heterocycles. The molecule has 0 saturated carbocycles. The molecular weight excluding hydrogens is 1730 g/mol. The van der Waals surface area contributed by atoms with Gasteiger partial charge in [-0.15, -0.1) is 0 Å². The number of nitrogens with zero attached hydrogens (tertiary/aromatic N) is 3. The van der Waals surface area contributed by atoms with Gasteiger partial charge >= 0.3 is 11.9 Å². The minimum atomic E-state index is -2.06. The summed E-state index contributed by atoms with van der Waals surface area (Å²) in [5.41, 5.74) is 22.9. The van der Waals surface area contributed by atoms with Crippen LogP contribution in [0.25, 0.3) is 0 Å². The summed E-state index contributed by atoms with van der Waals surface area (Å²) in [5, 5.41) is 84.2. The monoisotopic (exact) mass is 1850 g/mol. The summed E-state index contributed by atoms with van der Waals surface area (Å²) in [5.74, 6) is -25.3. The molecule has 706 valence electrons. The zero-order chi connectivity index (χ0) is 94.5. The van der Waals surface area contributed by atoms with Crippen molar-refractivity contribution in [3.05, 3.63) is 35.9 Å². The minimum Gasteiger partial charge on any atom is -0.481 e. The highest BCUT2D eigenvalue weighted by Gasteiger charge is 2.45. The lowest BCUT2D eigenvalue weighted by Crippen LogP contribution is -2.61. The molecule has 0 aromatic heterocycles. The Labute approximate surface area is 743 Å². The number of nitrogens with one attached hydrogen (secondary N) is 14. The average Bonchev–Trinajstić information content (AvgIpc) is 1.71. The summed E-state index contributed by atoms with van der Waals surface area (Å²) < 4.78 is 0. The molecule has 1 unspecified atom stereocenters. The Morgan fingerprint density at radius 2 is 1.11 bits per heavy atom. The molecule has 4 fully saturated rings. The predicted molar refractivity (Wildman–Crippen MR) is 455 cm³/mol. The number of unbranched alkanes of at least 4 members (excludes halogenated alkanes) is 1. The van der Waals surface area contributed by atoms with Gasteiger partial charge in [0, 0.05) is 37.6 Å². The first-order valence-corrected chi connectivity index (χ1v) is 45.2. The van der Waals surface area contributed by atoms with Crippen molar-refractivity contribution in [3.8, 4) is 0 Å². The van der Waals surface area contributed by atoms with Crippen LogP contribution >= 0.6 is 33.3 Å². The zero-order valence-corrected chi connectivity index (χ0v) is 73.5. The van der Waals surface area contributed by atoms with Crippen molar-refractivity contribution in [2.24, 2.45) is 34.8 Å². The molecule has 4 heterocycles. The normalized spacial score (nSPS) is 21.3. The number of fused-ring (bicyclic) bond motifs is 2. The number of carbonyl (C=O) groups excluding carboxylic acids is 19. The van der Waals surface area contributed by atoms with E-state index in [0.29, 0.717) is 39.3 Å². The van der Waals surface area contributed by atoms with E-state index >= 15 is 14.4 Å². The molecule has 1 aromatic carbocycles. The Bertz CT molecular complexity index is 4090. The maximum atomic E-state index is 15.3. The molecule has 1 aromatic rings. The van der Waals surface area contributed by atoms with Gasteiger partial charge in [0.05, 0.1) is 52.2 Å². The van der Waals surface area contributed by atoms with Crippen molar-refractivity contribution in [1.82, 2.24) is 89.1 Å². The number of nitrogens with two attached hydrogens (primary N) is 4. The predicted octanol–water partition coefficient (Wildman–Crippen LogP) is -10.2. The maximum absolute atomic E-state index is 15.3. The summed E-state index contributed by atoms with van der Waals surface area (Å²) in [4.78, 5) is 294. The molecule has 4 aliphatic heterocycles. The number of primary amides is 2. The van der Waals surface area contributed by atoms with Crippen LogP contribution < -0.4 is 97.4 Å². The number of amides is 19. The number of hydrogen-bond donors (Lipinski definition) is 23. The summed E-state index contributed by atoms with van der Waals surface area (Å²) in [7, 11) is 1.40. The quantitative estimate of drug-likeness (QED) is 0.0213. The molecule has 0 bridgehead atoms. The van der Waals surface area contributed by atoms with Crippen LogP contribution in [0.15, 0.2) is 30.3 Å². The number of likely N-dealkylation sites (tertiary alicyclic amines) is 1. The Morgan fingerprint density at radius 3 is 1.69 bits per heavy atom. The molecule has 50 heteroatoms. The first kappa shape index (κ1) is 106. The average molecular weight is 1850 g/mol. The first-order chi connectivity index (χ1) is 60.2. The molecule has 47 nitrogen and oxygen atoms in total. The molecule has 27 N–H and O–H groups in total. The largest absolute Gasteiger partial charge is 0.481 e. The van der Waals surface area contributed by atoms with E-state index in [4.69, 9.17) is 22.9 Å². The number of carbonyl (C=O) groups is 21. The van der Waals surface area contributed by atoms with Gasteiger partial charge in [0.15, 0.2) is 0 Å². The van der Waals surface area contributed by atoms with Crippen molar-refractivity contribution in [3.63, 3.8) is 0 Å². The third-order valence-electron chi connectivity index (χ3n) is 20.8. The number of carboxylic acids is 2. The summed E-state index contributed by atoms with van der Waals surface area (Å²) in [6.45, 7) is 1.53. The van der Waals surface area contributed by atoms with Gasteiger partial charge in [0.25, 0.3) is 0 Å². The standard InChI is InChI=1S/C77H119N21O26S3/c1-38(2)26-44(65(112)85-42(62(81)109)20-25-125-5)84-57(103)31-82-75(122)61(39(3)4)95-68(115)45(27-40-14-7-6-8-15-40)87-71(118)51-36-126-127-37-52(77(124)98-24-13-19-55(98)73(120)89-47(29-59(105)106)63(110)83-32-58(104)96-22-11-17-53(96)72(119)90-48(30-60(107)108)67(114)93-51)94-64(111)43(16-9-10-21-78)86-69(116)49(34-100)91-66(113)46(28-56(80)102)88-70(117)50(35-101)92-74(121)54-18-12-23-97(54)76(123)41(79)33-99/h6-8,14-15,38-39,41-55,61,99-101H,9-13,16-37,78-79H2,1-5H3,(H2,80,102)(H2,81,109)(H,82,122)(H,83,110)(H,84,103)(H,85,112)(H,86,116)(H,87,118)(H,88,117)(H,89,120)(H,90,119)(H,91,113)(H,92,121)(H,93,114)(H,94,111)(H,95,115)(H,105,106)(H,107,108)/t41-,42-,43-,44-,45-,46-,47?,48-,49-,50-,51-,52-,53-,54-,55-,61-/m0/s1. The summed E-state index contributed by atoms with van der Waals surface area (Å²) in [6, 6.07) is -18.4. The molecule has 127 heavy (non-hydrogen) atoms. The number of aliphatic hydroxyl groups is 3. The number of aliphatic carboxylic acids is 2. The van der Waals surface area contributed by atoms with Crippen molar-refractivity contribution in [1.29, 1.82) is 0 Å². The van der Waals surface area contributed by atoms with Gasteiger partial charge in [-0.05, 0) is 107 Å². The van der Waals surface area contributed by atoms with E-state index in [1.54, 1.807) is 64.3 Å². The van der Waals surface area contributed by atoms with Crippen LogP contribution in [-0.4, -0.2) is 344 Å². The van der Waals surface area contributed by atoms with E-state index in [1.807, 2.05) is 0 Å². The van der Waals surface area contributed by atoms with Crippen molar-refractivity contribution >= 4 is 158 Å². The second kappa shape index (κ2) is 53.5. The highest BCUT2D eigenvalue weighted by atomic mass is 33.1. The second-order valence-electron chi connectivity index (χ2n) is 31.4. The fourth-order valence-corrected chi connectivity index (χ4v) is 16.8. The molecule has 19 amide bonds. The topological polar surface area (TPSA) is 742 Å². The molecule has 16 atom stereocenters. The van der Waals surface area contributed by atoms with Gasteiger partial charge in [-0.1, -0.05) is 79.6 Å². The van der Waals surface area contributed by atoms with Crippen LogP contribution in [0.4, 0.5) is 0 Å². The van der Waals surface area contributed by atoms with E-state index in [1.165, 1.54) is 11.8 Å². The van der Waals surface area contributed by atoms with Crippen LogP contribution in [0.3, 0.4) is 0 Å². The highest BCUT2D eigenvalue weighted by molar-refractivity contribution is 8.76. The van der Waals surface area contributed by atoms with Gasteiger partial charge in [-0.3, -0.25) is 101 Å². The van der Waals surface area contributed by atoms with E-state index in [9.17, 15) is 112 Å². The van der Waals surface area contributed by atoms with E-state index < -0.39 is 290 Å². The van der Waals surface area contributed by atoms with Crippen molar-refractivity contribution in [2.45, 2.75) is 221 Å². The zero-order valence-electron chi connectivity index (χ0n) is 71.1. The van der Waals surface area contributed by atoms with Crippen LogP contribution in [0, 0.1) is 11.8 Å². The third-order valence-corrected chi connectivity index (χ3v) is 23.8. The number of aliphatic hydroxyl groups excluding tert-OH is 3. The first-order valence-electron chi connectivity index (χ1n) is 41.3. The highest BCUT2D eigenvalue weighted by Crippen LogP contribution is 2.28. The van der Waals surface area contributed by atoms with Crippen LogP contribution in [0.1, 0.15) is 123 Å². The Kier molecular flexibility index (Phi) is 44.9. The number of benzene rings is 1. The molecule has 0 spiro atoms. The maximum Gasteiger partial charge on any atom is 0.305 e. The van der Waals surface area contributed by atoms with E-state index in [2.05, 4.69) is 74.4 Å². The van der Waals surface area contributed by atoms with E-state index in [-0.39, 0.29) is 103 Å². The Hall–Kier alpha value is -11.1. The lowest BCUT2D eigenvalue weighted by molar-refractivity contribution is -0.144. The van der Waals surface area contributed by atoms with Gasteiger partial charge in [0.2, 0.25) is 112 Å². The smallest absolute Gasteiger partial charge is 0.305 e. The van der Waals surface area contributed by atoms with Gasteiger partial charge in [0.1, 0.15) is 96.7 Å². The Morgan fingerprint density at radius 1 is 0.567 bits per heavy atom. The molecular formula is C77H119N21O26S3. The van der Waals surface area contributed by atoms with Crippen LogP contribution in [0.5, 0.6) is 0 Å². The second-order valence-corrected chi connectivity index (χ2v) is 34.9. The lowest BCUT2D eigenvalue weighted by atomic mass is 10.0. The molecule has 5 rings (SSSR count). The lowest BCUT2D eigenvalue weighted by Gasteiger charge is -2.31. The third kappa shape index (κ3) is 34.2. The fourth-order valence-electron chi connectivity index (χ4n) is 14.0. The molecule has 4 aliphatic rings. The van der Waals surface area contributed by atoms with Crippen molar-refractivity contribution < 1.29 is 126 Å². The van der Waals surface area contributed by atoms with Crippen molar-refractivity contribution in [2.75, 3.05) is 82.6 Å².